The van der Waals surface area contributed by atoms with Crippen molar-refractivity contribution in [2.75, 3.05) is 0 Å². The number of nitrogens with zero attached hydrogens (tertiary/aromatic N) is 1. The molecule has 0 atom stereocenters. The first kappa shape index (κ1) is 12.9. The van der Waals surface area contributed by atoms with E-state index >= 15 is 0 Å². The molecule has 0 aliphatic heterocycles. The highest BCUT2D eigenvalue weighted by Gasteiger charge is 2.03. The van der Waals surface area contributed by atoms with Gasteiger partial charge in [-0.3, -0.25) is 5.84 Å². The van der Waals surface area contributed by atoms with Crippen molar-refractivity contribution in [2.45, 2.75) is 13.1 Å². The third kappa shape index (κ3) is 3.05. The molecule has 0 radical (unpaired) electrons. The van der Waals surface area contributed by atoms with E-state index in [0.717, 1.165) is 13.1 Å². The summed E-state index contributed by atoms with van der Waals surface area (Å²) in [6.45, 7) is 1.51. The Bertz CT molecular complexity index is 692. The zero-order valence-corrected chi connectivity index (χ0v) is 11.4. The lowest BCUT2D eigenvalue weighted by atomic mass is 10.1. The molecule has 0 aliphatic carbocycles. The maximum Gasteiger partial charge on any atom is 0.0383 e. The third-order valence-electron chi connectivity index (χ3n) is 3.43. The van der Waals surface area contributed by atoms with E-state index in [4.69, 9.17) is 5.84 Å². The molecule has 2 N–H and O–H groups in total. The van der Waals surface area contributed by atoms with Crippen LogP contribution in [0.4, 0.5) is 0 Å². The summed E-state index contributed by atoms with van der Waals surface area (Å²) in [5.74, 6) is 6.12. The molecule has 3 aromatic carbocycles. The quantitative estimate of drug-likeness (QED) is 0.573. The molecular formula is C18H18N2. The minimum absolute atomic E-state index is 0.750. The Morgan fingerprint density at radius 2 is 1.30 bits per heavy atom. The molecule has 0 aliphatic rings. The van der Waals surface area contributed by atoms with E-state index in [-0.39, 0.29) is 0 Å². The molecule has 0 fully saturated rings. The van der Waals surface area contributed by atoms with Gasteiger partial charge in [-0.15, -0.1) is 0 Å². The second kappa shape index (κ2) is 5.87. The van der Waals surface area contributed by atoms with Gasteiger partial charge in [-0.1, -0.05) is 66.7 Å². The minimum Gasteiger partial charge on any atom is -0.268 e. The second-order valence-corrected chi connectivity index (χ2v) is 5.07. The minimum atomic E-state index is 0.750. The van der Waals surface area contributed by atoms with Crippen LogP contribution in [0, 0.1) is 0 Å². The Kier molecular flexibility index (Phi) is 3.77. The molecule has 0 saturated heterocycles. The van der Waals surface area contributed by atoms with Crippen molar-refractivity contribution in [1.29, 1.82) is 0 Å². The van der Waals surface area contributed by atoms with Gasteiger partial charge in [0.15, 0.2) is 0 Å². The Morgan fingerprint density at radius 1 is 0.650 bits per heavy atom. The van der Waals surface area contributed by atoms with E-state index in [0.29, 0.717) is 0 Å². The van der Waals surface area contributed by atoms with Gasteiger partial charge in [0.1, 0.15) is 0 Å². The highest BCUT2D eigenvalue weighted by Crippen LogP contribution is 2.16. The highest BCUT2D eigenvalue weighted by atomic mass is 15.4. The monoisotopic (exact) mass is 262 g/mol. The van der Waals surface area contributed by atoms with Crippen LogP contribution in [0.5, 0.6) is 0 Å². The van der Waals surface area contributed by atoms with Crippen molar-refractivity contribution >= 4 is 10.8 Å². The zero-order chi connectivity index (χ0) is 13.8. The first-order valence-electron chi connectivity index (χ1n) is 6.82. The average Bonchev–Trinajstić information content (AvgIpc) is 2.48. The van der Waals surface area contributed by atoms with E-state index in [1.54, 1.807) is 0 Å². The predicted octanol–water partition coefficient (Wildman–Crippen LogP) is 3.72. The van der Waals surface area contributed by atoms with Crippen LogP contribution in [0.15, 0.2) is 72.8 Å². The molecule has 0 aromatic heterocycles. The van der Waals surface area contributed by atoms with Gasteiger partial charge in [0.2, 0.25) is 0 Å². The molecule has 20 heavy (non-hydrogen) atoms. The lowest BCUT2D eigenvalue weighted by Crippen LogP contribution is -2.29. The molecule has 3 aromatic rings. The maximum absolute atomic E-state index is 6.12. The summed E-state index contributed by atoms with van der Waals surface area (Å²) in [5, 5.41) is 4.38. The first-order chi connectivity index (χ1) is 9.81. The van der Waals surface area contributed by atoms with Gasteiger partial charge >= 0.3 is 0 Å². The Morgan fingerprint density at radius 3 is 2.10 bits per heavy atom. The molecule has 0 spiro atoms. The summed E-state index contributed by atoms with van der Waals surface area (Å²) < 4.78 is 0. The molecule has 0 unspecified atom stereocenters. The zero-order valence-electron chi connectivity index (χ0n) is 11.4. The molecule has 3 rings (SSSR count). The fraction of sp³-hybridized carbons (Fsp3) is 0.111. The van der Waals surface area contributed by atoms with Gasteiger partial charge < -0.3 is 0 Å². The van der Waals surface area contributed by atoms with Crippen LogP contribution in [0.3, 0.4) is 0 Å². The van der Waals surface area contributed by atoms with E-state index in [1.807, 2.05) is 23.2 Å². The van der Waals surface area contributed by atoms with Crippen molar-refractivity contribution in [3.05, 3.63) is 83.9 Å². The number of benzene rings is 3. The van der Waals surface area contributed by atoms with Crippen LogP contribution < -0.4 is 5.84 Å². The fourth-order valence-electron chi connectivity index (χ4n) is 2.45. The second-order valence-electron chi connectivity index (χ2n) is 5.07. The molecule has 2 nitrogen and oxygen atoms in total. The maximum atomic E-state index is 6.12. The summed E-state index contributed by atoms with van der Waals surface area (Å²) >= 11 is 0. The van der Waals surface area contributed by atoms with E-state index in [2.05, 4.69) is 54.6 Å². The van der Waals surface area contributed by atoms with E-state index in [9.17, 15) is 0 Å². The van der Waals surface area contributed by atoms with Crippen LogP contribution >= 0.6 is 0 Å². The van der Waals surface area contributed by atoms with Crippen LogP contribution in [-0.4, -0.2) is 5.01 Å². The molecule has 0 amide bonds. The van der Waals surface area contributed by atoms with Gasteiger partial charge in [-0.05, 0) is 28.0 Å². The first-order valence-corrected chi connectivity index (χ1v) is 6.82. The van der Waals surface area contributed by atoms with Crippen LogP contribution in [-0.2, 0) is 13.1 Å². The molecule has 0 bridgehead atoms. The smallest absolute Gasteiger partial charge is 0.0383 e. The van der Waals surface area contributed by atoms with Gasteiger partial charge in [0, 0.05) is 13.1 Å². The summed E-state index contributed by atoms with van der Waals surface area (Å²) in [6.07, 6.45) is 0. The van der Waals surface area contributed by atoms with Gasteiger partial charge in [0.05, 0.1) is 0 Å². The molecular weight excluding hydrogens is 244 g/mol. The number of hydrogen-bond acceptors (Lipinski definition) is 2. The number of nitrogens with two attached hydrogens (primary N) is 1. The van der Waals surface area contributed by atoms with Crippen LogP contribution in [0.1, 0.15) is 11.1 Å². The molecule has 0 heterocycles. The lowest BCUT2D eigenvalue weighted by molar-refractivity contribution is 0.266. The van der Waals surface area contributed by atoms with Crippen molar-refractivity contribution < 1.29 is 0 Å². The van der Waals surface area contributed by atoms with Crippen molar-refractivity contribution in [2.24, 2.45) is 5.84 Å². The molecule has 100 valence electrons. The summed E-state index contributed by atoms with van der Waals surface area (Å²) in [5.41, 5.74) is 2.47. The summed E-state index contributed by atoms with van der Waals surface area (Å²) in [4.78, 5) is 0. The van der Waals surface area contributed by atoms with Crippen molar-refractivity contribution in [3.8, 4) is 0 Å². The van der Waals surface area contributed by atoms with Gasteiger partial charge in [-0.25, -0.2) is 5.01 Å². The standard InChI is InChI=1S/C18H18N2/c19-20(13-15-6-2-1-3-7-15)14-16-10-11-17-8-4-5-9-18(17)12-16/h1-12H,13-14,19H2. The Balaban J connectivity index is 1.72. The van der Waals surface area contributed by atoms with Crippen LogP contribution in [0.25, 0.3) is 10.8 Å². The summed E-state index contributed by atoms with van der Waals surface area (Å²) in [6, 6.07) is 25.2. The largest absolute Gasteiger partial charge is 0.268 e. The average molecular weight is 262 g/mol. The Hall–Kier alpha value is -2.16. The third-order valence-corrected chi connectivity index (χ3v) is 3.43. The van der Waals surface area contributed by atoms with Crippen molar-refractivity contribution in [3.63, 3.8) is 0 Å². The van der Waals surface area contributed by atoms with Crippen LogP contribution in [0.2, 0.25) is 0 Å². The Labute approximate surface area is 119 Å². The van der Waals surface area contributed by atoms with Gasteiger partial charge in [-0.2, -0.15) is 0 Å². The SMILES string of the molecule is NN(Cc1ccccc1)Cc1ccc2ccccc2c1. The number of hydrazine groups is 1. The fourth-order valence-corrected chi connectivity index (χ4v) is 2.45. The predicted molar refractivity (Wildman–Crippen MR) is 83.8 cm³/mol. The van der Waals surface area contributed by atoms with Gasteiger partial charge in [0.25, 0.3) is 0 Å². The van der Waals surface area contributed by atoms with Crippen molar-refractivity contribution in [1.82, 2.24) is 5.01 Å². The number of fused-ring (bicyclic) bond motifs is 1. The molecule has 2 heteroatoms. The van der Waals surface area contributed by atoms with E-state index < -0.39 is 0 Å². The lowest BCUT2D eigenvalue weighted by Gasteiger charge is -2.16. The van der Waals surface area contributed by atoms with E-state index in [1.165, 1.54) is 21.9 Å². The topological polar surface area (TPSA) is 29.3 Å². The number of hydrogen-bond donors (Lipinski definition) is 1. The highest BCUT2D eigenvalue weighted by molar-refractivity contribution is 5.82. The summed E-state index contributed by atoms with van der Waals surface area (Å²) in [7, 11) is 0. The number of rotatable bonds is 4. The normalized spacial score (nSPS) is 11.1. The molecule has 0 saturated carbocycles.